The summed E-state index contributed by atoms with van der Waals surface area (Å²) in [6.07, 6.45) is 2.34. The molecule has 1 fully saturated rings. The van der Waals surface area contributed by atoms with Crippen molar-refractivity contribution < 1.29 is 15.0 Å². The van der Waals surface area contributed by atoms with Crippen LogP contribution in [0.1, 0.15) is 31.9 Å². The van der Waals surface area contributed by atoms with Crippen LogP contribution in [0.25, 0.3) is 0 Å². The molecule has 0 bridgehead atoms. The number of aromatic nitrogens is 1. The Bertz CT molecular complexity index is 590. The molecule has 1 aromatic heterocycles. The molecule has 1 aromatic rings. The van der Waals surface area contributed by atoms with Gasteiger partial charge in [-0.3, -0.25) is 9.59 Å². The first-order chi connectivity index (χ1) is 9.93. The minimum Gasteiger partial charge on any atom is -0.508 e. The lowest BCUT2D eigenvalue weighted by Gasteiger charge is -2.36. The van der Waals surface area contributed by atoms with Gasteiger partial charge in [-0.25, -0.2) is 0 Å². The Morgan fingerprint density at radius 1 is 1.43 bits per heavy atom. The maximum Gasteiger partial charge on any atom is 0.254 e. The fraction of sp³-hybridized carbons (Fsp3) is 0.600. The number of rotatable bonds is 4. The molecule has 2 heterocycles. The molecule has 1 aliphatic heterocycles. The highest BCUT2D eigenvalue weighted by Crippen LogP contribution is 2.32. The number of aryl methyl sites for hydroxylation is 1. The summed E-state index contributed by atoms with van der Waals surface area (Å²) in [5.41, 5.74) is -0.351. The van der Waals surface area contributed by atoms with Crippen molar-refractivity contribution in [3.8, 4) is 5.75 Å². The van der Waals surface area contributed by atoms with E-state index in [1.165, 1.54) is 10.6 Å². The Labute approximate surface area is 123 Å². The predicted molar refractivity (Wildman–Crippen MR) is 78.2 cm³/mol. The number of nitrogens with zero attached hydrogens (tertiary/aromatic N) is 2. The third kappa shape index (κ3) is 2.81. The van der Waals surface area contributed by atoms with Gasteiger partial charge in [0.2, 0.25) is 5.91 Å². The molecule has 0 aliphatic carbocycles. The molecule has 6 nitrogen and oxygen atoms in total. The van der Waals surface area contributed by atoms with E-state index in [2.05, 4.69) is 0 Å². The predicted octanol–water partition coefficient (Wildman–Crippen LogP) is 0.626. The Kier molecular flexibility index (Phi) is 4.37. The van der Waals surface area contributed by atoms with Crippen LogP contribution in [0.2, 0.25) is 0 Å². The van der Waals surface area contributed by atoms with Crippen molar-refractivity contribution in [2.24, 2.45) is 0 Å². The highest BCUT2D eigenvalue weighted by molar-refractivity contribution is 5.77. The fourth-order valence-corrected chi connectivity index (χ4v) is 3.11. The van der Waals surface area contributed by atoms with Gasteiger partial charge >= 0.3 is 0 Å². The first-order valence-corrected chi connectivity index (χ1v) is 7.25. The van der Waals surface area contributed by atoms with Crippen LogP contribution in [0.4, 0.5) is 0 Å². The zero-order chi connectivity index (χ0) is 15.6. The number of carbonyl (C=O) groups is 1. The second-order valence-electron chi connectivity index (χ2n) is 5.66. The smallest absolute Gasteiger partial charge is 0.254 e. The summed E-state index contributed by atoms with van der Waals surface area (Å²) in [4.78, 5) is 26.1. The lowest BCUT2D eigenvalue weighted by molar-refractivity contribution is -0.137. The number of pyridine rings is 1. The van der Waals surface area contributed by atoms with Crippen molar-refractivity contribution in [2.45, 2.75) is 45.2 Å². The molecular weight excluding hydrogens is 272 g/mol. The average molecular weight is 294 g/mol. The zero-order valence-electron chi connectivity index (χ0n) is 12.5. The monoisotopic (exact) mass is 294 g/mol. The molecule has 2 N–H and O–H groups in total. The maximum absolute atomic E-state index is 12.5. The van der Waals surface area contributed by atoms with Gasteiger partial charge in [-0.05, 0) is 32.3 Å². The van der Waals surface area contributed by atoms with E-state index in [-0.39, 0.29) is 24.8 Å². The number of hydrogen-bond donors (Lipinski definition) is 2. The molecule has 116 valence electrons. The van der Waals surface area contributed by atoms with Crippen molar-refractivity contribution >= 4 is 5.91 Å². The number of likely N-dealkylation sites (tertiary alicyclic amines) is 1. The first-order valence-electron chi connectivity index (χ1n) is 7.25. The normalized spacial score (nSPS) is 21.8. The SMILES string of the molecule is CCC1(CO)CCCN1C(=O)Cn1c(C)cc(O)cc1=O. The van der Waals surface area contributed by atoms with Crippen molar-refractivity contribution in [1.29, 1.82) is 0 Å². The van der Waals surface area contributed by atoms with Gasteiger partial charge in [0.15, 0.2) is 0 Å². The van der Waals surface area contributed by atoms with Gasteiger partial charge in [-0.15, -0.1) is 0 Å². The van der Waals surface area contributed by atoms with Gasteiger partial charge in [0.25, 0.3) is 5.56 Å². The molecule has 21 heavy (non-hydrogen) atoms. The first kappa shape index (κ1) is 15.6. The van der Waals surface area contributed by atoms with Crippen LogP contribution in [0.5, 0.6) is 5.75 Å². The highest BCUT2D eigenvalue weighted by atomic mass is 16.3. The minimum absolute atomic E-state index is 0.0568. The second-order valence-corrected chi connectivity index (χ2v) is 5.66. The summed E-state index contributed by atoms with van der Waals surface area (Å²) in [6.45, 7) is 4.13. The van der Waals surface area contributed by atoms with Crippen LogP contribution < -0.4 is 5.56 Å². The quantitative estimate of drug-likeness (QED) is 0.853. The lowest BCUT2D eigenvalue weighted by Crippen LogP contribution is -2.51. The number of aliphatic hydroxyl groups is 1. The lowest BCUT2D eigenvalue weighted by atomic mass is 9.94. The molecule has 6 heteroatoms. The zero-order valence-corrected chi connectivity index (χ0v) is 12.5. The van der Waals surface area contributed by atoms with E-state index in [0.717, 1.165) is 18.9 Å². The summed E-state index contributed by atoms with van der Waals surface area (Å²) in [5, 5.41) is 19.0. The highest BCUT2D eigenvalue weighted by Gasteiger charge is 2.41. The van der Waals surface area contributed by atoms with Crippen LogP contribution in [0.15, 0.2) is 16.9 Å². The minimum atomic E-state index is -0.495. The average Bonchev–Trinajstić information content (AvgIpc) is 2.87. The van der Waals surface area contributed by atoms with E-state index in [4.69, 9.17) is 0 Å². The third-order valence-electron chi connectivity index (χ3n) is 4.46. The Morgan fingerprint density at radius 2 is 2.14 bits per heavy atom. The van der Waals surface area contributed by atoms with Gasteiger partial charge < -0.3 is 19.7 Å². The van der Waals surface area contributed by atoms with Crippen LogP contribution in [-0.4, -0.2) is 44.3 Å². The molecule has 0 spiro atoms. The molecule has 1 aliphatic rings. The van der Waals surface area contributed by atoms with Crippen LogP contribution >= 0.6 is 0 Å². The topological polar surface area (TPSA) is 82.8 Å². The molecule has 1 unspecified atom stereocenters. The molecule has 0 radical (unpaired) electrons. The standard InChI is InChI=1S/C15H22N2O4/c1-3-15(10-18)5-4-6-17(15)14(21)9-16-11(2)7-12(19)8-13(16)20/h7-8,18-19H,3-6,9-10H2,1-2H3. The van der Waals surface area contributed by atoms with Crippen molar-refractivity contribution in [2.75, 3.05) is 13.2 Å². The fourth-order valence-electron chi connectivity index (χ4n) is 3.11. The number of amides is 1. The van der Waals surface area contributed by atoms with E-state index in [1.807, 2.05) is 6.92 Å². The maximum atomic E-state index is 12.5. The van der Waals surface area contributed by atoms with E-state index >= 15 is 0 Å². The summed E-state index contributed by atoms with van der Waals surface area (Å²) in [6, 6.07) is 2.56. The van der Waals surface area contributed by atoms with Crippen LogP contribution in [-0.2, 0) is 11.3 Å². The summed E-state index contributed by atoms with van der Waals surface area (Å²) < 4.78 is 1.35. The molecule has 1 saturated heterocycles. The van der Waals surface area contributed by atoms with Gasteiger partial charge in [-0.2, -0.15) is 0 Å². The summed E-state index contributed by atoms with van der Waals surface area (Å²) in [5.74, 6) is -0.264. The number of aliphatic hydroxyl groups excluding tert-OH is 1. The van der Waals surface area contributed by atoms with Crippen LogP contribution in [0, 0.1) is 6.92 Å². The number of hydrogen-bond acceptors (Lipinski definition) is 4. The van der Waals surface area contributed by atoms with Crippen molar-refractivity contribution in [1.82, 2.24) is 9.47 Å². The van der Waals surface area contributed by atoms with E-state index in [1.54, 1.807) is 11.8 Å². The van der Waals surface area contributed by atoms with Crippen LogP contribution in [0.3, 0.4) is 0 Å². The molecule has 2 rings (SSSR count). The largest absolute Gasteiger partial charge is 0.508 e. The Balaban J connectivity index is 2.25. The number of aromatic hydroxyl groups is 1. The Morgan fingerprint density at radius 3 is 2.71 bits per heavy atom. The number of carbonyl (C=O) groups excluding carboxylic acids is 1. The van der Waals surface area contributed by atoms with Gasteiger partial charge in [-0.1, -0.05) is 6.92 Å². The summed E-state index contributed by atoms with van der Waals surface area (Å²) >= 11 is 0. The van der Waals surface area contributed by atoms with E-state index in [0.29, 0.717) is 18.7 Å². The van der Waals surface area contributed by atoms with Gasteiger partial charge in [0.05, 0.1) is 12.1 Å². The van der Waals surface area contributed by atoms with E-state index in [9.17, 15) is 19.8 Å². The van der Waals surface area contributed by atoms with Gasteiger partial charge in [0, 0.05) is 18.3 Å². The third-order valence-corrected chi connectivity index (χ3v) is 4.46. The van der Waals surface area contributed by atoms with Crippen molar-refractivity contribution in [3.63, 3.8) is 0 Å². The van der Waals surface area contributed by atoms with Crippen molar-refractivity contribution in [3.05, 3.63) is 28.2 Å². The molecule has 1 amide bonds. The summed E-state index contributed by atoms with van der Waals surface area (Å²) in [7, 11) is 0. The Hall–Kier alpha value is -1.82. The molecule has 1 atom stereocenters. The molecule has 0 saturated carbocycles. The molecular formula is C15H22N2O4. The van der Waals surface area contributed by atoms with E-state index < -0.39 is 11.1 Å². The molecule has 0 aromatic carbocycles. The second kappa shape index (κ2) is 5.89. The van der Waals surface area contributed by atoms with Gasteiger partial charge in [0.1, 0.15) is 12.3 Å².